The third-order valence-electron chi connectivity index (χ3n) is 3.40. The van der Waals surface area contributed by atoms with E-state index in [0.29, 0.717) is 10.7 Å². The van der Waals surface area contributed by atoms with Gasteiger partial charge in [0, 0.05) is 16.8 Å². The molecule has 0 amide bonds. The number of alkyl halides is 3. The highest BCUT2D eigenvalue weighted by atomic mass is 32.2. The standard InChI is InChI=1S/C16H14F3N3S2/c1-10-9-23-15(20)22(10)14-13(7-4-8-21-14)24-12-6-3-2-5-11(12)16(17,18)19/h2-9,15H,20H2,1H3. The fraction of sp³-hybridized carbons (Fsp3) is 0.188. The molecule has 0 bridgehead atoms. The second-order valence-corrected chi connectivity index (χ2v) is 7.15. The number of nitrogens with two attached hydrogens (primary N) is 1. The molecule has 1 aliphatic heterocycles. The van der Waals surface area contributed by atoms with Crippen LogP contribution in [0, 0.1) is 0 Å². The van der Waals surface area contributed by atoms with Crippen molar-refractivity contribution in [2.45, 2.75) is 28.4 Å². The highest BCUT2D eigenvalue weighted by Gasteiger charge is 2.34. The van der Waals surface area contributed by atoms with E-state index in [4.69, 9.17) is 5.73 Å². The molecule has 0 saturated carbocycles. The molecule has 2 N–H and O–H groups in total. The maximum absolute atomic E-state index is 13.2. The summed E-state index contributed by atoms with van der Waals surface area (Å²) in [5, 5.41) is 1.91. The van der Waals surface area contributed by atoms with E-state index in [9.17, 15) is 13.2 Å². The Balaban J connectivity index is 2.00. The van der Waals surface area contributed by atoms with Gasteiger partial charge in [0.05, 0.1) is 10.5 Å². The number of hydrogen-bond donors (Lipinski definition) is 1. The average molecular weight is 369 g/mol. The zero-order chi connectivity index (χ0) is 17.3. The number of pyridine rings is 1. The summed E-state index contributed by atoms with van der Waals surface area (Å²) in [6.45, 7) is 1.90. The lowest BCUT2D eigenvalue weighted by Gasteiger charge is -2.25. The third kappa shape index (κ3) is 3.40. The van der Waals surface area contributed by atoms with Gasteiger partial charge in [0.25, 0.3) is 0 Å². The molecular weight excluding hydrogens is 355 g/mol. The van der Waals surface area contributed by atoms with Gasteiger partial charge in [-0.05, 0) is 36.6 Å². The average Bonchev–Trinajstić information content (AvgIpc) is 2.86. The molecule has 0 spiro atoms. The number of thioether (sulfide) groups is 1. The Hall–Kier alpha value is -1.64. The van der Waals surface area contributed by atoms with Gasteiger partial charge >= 0.3 is 6.18 Å². The van der Waals surface area contributed by atoms with Crippen molar-refractivity contribution in [1.29, 1.82) is 0 Å². The first-order chi connectivity index (χ1) is 11.4. The Morgan fingerprint density at radius 1 is 1.17 bits per heavy atom. The van der Waals surface area contributed by atoms with Gasteiger partial charge in [0.15, 0.2) is 0 Å². The van der Waals surface area contributed by atoms with Crippen molar-refractivity contribution in [3.63, 3.8) is 0 Å². The zero-order valence-corrected chi connectivity index (χ0v) is 14.3. The minimum Gasteiger partial charge on any atom is -0.303 e. The van der Waals surface area contributed by atoms with Gasteiger partial charge in [-0.15, -0.1) is 0 Å². The first kappa shape index (κ1) is 17.2. The predicted octanol–water partition coefficient (Wildman–Crippen LogP) is 4.91. The van der Waals surface area contributed by atoms with E-state index in [2.05, 4.69) is 4.98 Å². The van der Waals surface area contributed by atoms with Crippen LogP contribution in [-0.2, 0) is 6.18 Å². The van der Waals surface area contributed by atoms with Crippen LogP contribution in [0.3, 0.4) is 0 Å². The van der Waals surface area contributed by atoms with Crippen LogP contribution < -0.4 is 10.6 Å². The van der Waals surface area contributed by atoms with Crippen molar-refractivity contribution in [3.8, 4) is 0 Å². The third-order valence-corrected chi connectivity index (χ3v) is 5.49. The molecular formula is C16H14F3N3S2. The summed E-state index contributed by atoms with van der Waals surface area (Å²) in [4.78, 5) is 6.93. The van der Waals surface area contributed by atoms with Crippen molar-refractivity contribution >= 4 is 29.3 Å². The van der Waals surface area contributed by atoms with Crippen LogP contribution in [0.15, 0.2) is 63.5 Å². The highest BCUT2D eigenvalue weighted by molar-refractivity contribution is 8.03. The zero-order valence-electron chi connectivity index (χ0n) is 12.6. The smallest absolute Gasteiger partial charge is 0.303 e. The van der Waals surface area contributed by atoms with Gasteiger partial charge in [-0.25, -0.2) is 4.98 Å². The Morgan fingerprint density at radius 3 is 2.54 bits per heavy atom. The van der Waals surface area contributed by atoms with E-state index < -0.39 is 11.7 Å². The minimum absolute atomic E-state index is 0.140. The Kier molecular flexibility index (Phi) is 4.80. The van der Waals surface area contributed by atoms with E-state index in [1.165, 1.54) is 23.9 Å². The molecule has 0 fully saturated rings. The van der Waals surface area contributed by atoms with Crippen molar-refractivity contribution in [2.75, 3.05) is 4.90 Å². The topological polar surface area (TPSA) is 42.1 Å². The van der Waals surface area contributed by atoms with Crippen molar-refractivity contribution in [1.82, 2.24) is 4.98 Å². The number of benzene rings is 1. The second-order valence-electron chi connectivity index (χ2n) is 5.08. The normalized spacial score (nSPS) is 18.0. The van der Waals surface area contributed by atoms with Crippen molar-refractivity contribution in [3.05, 3.63) is 59.3 Å². The van der Waals surface area contributed by atoms with Gasteiger partial charge in [-0.1, -0.05) is 35.7 Å². The van der Waals surface area contributed by atoms with Crippen LogP contribution in [0.4, 0.5) is 19.0 Å². The summed E-state index contributed by atoms with van der Waals surface area (Å²) < 4.78 is 39.6. The predicted molar refractivity (Wildman–Crippen MR) is 91.6 cm³/mol. The molecule has 1 aromatic heterocycles. The Morgan fingerprint density at radius 2 is 1.88 bits per heavy atom. The molecule has 1 atom stereocenters. The number of anilines is 1. The molecule has 3 nitrogen and oxygen atoms in total. The molecule has 126 valence electrons. The lowest BCUT2D eigenvalue weighted by Crippen LogP contribution is -2.35. The molecule has 1 aliphatic rings. The number of rotatable bonds is 3. The van der Waals surface area contributed by atoms with Crippen LogP contribution >= 0.6 is 23.5 Å². The van der Waals surface area contributed by atoms with Gasteiger partial charge < -0.3 is 10.6 Å². The van der Waals surface area contributed by atoms with Gasteiger partial charge in [0.1, 0.15) is 11.3 Å². The van der Waals surface area contributed by atoms with Crippen LogP contribution in [-0.4, -0.2) is 10.5 Å². The molecule has 0 aliphatic carbocycles. The van der Waals surface area contributed by atoms with Crippen molar-refractivity contribution in [2.24, 2.45) is 5.73 Å². The van der Waals surface area contributed by atoms with Crippen LogP contribution in [0.5, 0.6) is 0 Å². The SMILES string of the molecule is CC1=CSC(N)N1c1ncccc1Sc1ccccc1C(F)(F)F. The van der Waals surface area contributed by atoms with Crippen molar-refractivity contribution < 1.29 is 13.2 Å². The fourth-order valence-electron chi connectivity index (χ4n) is 2.33. The number of nitrogens with zero attached hydrogens (tertiary/aromatic N) is 2. The molecule has 8 heteroatoms. The Labute approximate surface area is 146 Å². The van der Waals surface area contributed by atoms with E-state index in [0.717, 1.165) is 23.5 Å². The summed E-state index contributed by atoms with van der Waals surface area (Å²) >= 11 is 2.49. The molecule has 1 unspecified atom stereocenters. The molecule has 2 heterocycles. The fourth-order valence-corrected chi connectivity index (χ4v) is 4.23. The van der Waals surface area contributed by atoms with Gasteiger partial charge in [-0.2, -0.15) is 13.2 Å². The van der Waals surface area contributed by atoms with Gasteiger partial charge in [0.2, 0.25) is 0 Å². The van der Waals surface area contributed by atoms with E-state index in [1.807, 2.05) is 17.2 Å². The largest absolute Gasteiger partial charge is 0.417 e. The number of allylic oxidation sites excluding steroid dienone is 1. The molecule has 2 aromatic rings. The summed E-state index contributed by atoms with van der Waals surface area (Å²) in [7, 11) is 0. The molecule has 0 saturated heterocycles. The summed E-state index contributed by atoms with van der Waals surface area (Å²) in [5.41, 5.74) is 5.99. The van der Waals surface area contributed by atoms with Crippen LogP contribution in [0.1, 0.15) is 12.5 Å². The molecule has 0 radical (unpaired) electrons. The van der Waals surface area contributed by atoms with Crippen LogP contribution in [0.25, 0.3) is 0 Å². The summed E-state index contributed by atoms with van der Waals surface area (Å²) in [6.07, 6.45) is -2.79. The monoisotopic (exact) mass is 369 g/mol. The first-order valence-corrected chi connectivity index (χ1v) is 8.80. The van der Waals surface area contributed by atoms with E-state index in [1.54, 1.807) is 24.4 Å². The van der Waals surface area contributed by atoms with Crippen LogP contribution in [0.2, 0.25) is 0 Å². The highest BCUT2D eigenvalue weighted by Crippen LogP contribution is 2.43. The summed E-state index contributed by atoms with van der Waals surface area (Å²) in [5.74, 6) is 0.561. The van der Waals surface area contributed by atoms with Gasteiger partial charge in [-0.3, -0.25) is 0 Å². The minimum atomic E-state index is -4.40. The Bertz CT molecular complexity index is 777. The maximum atomic E-state index is 13.2. The quantitative estimate of drug-likeness (QED) is 0.833. The van der Waals surface area contributed by atoms with E-state index in [-0.39, 0.29) is 10.4 Å². The molecule has 24 heavy (non-hydrogen) atoms. The lowest BCUT2D eigenvalue weighted by atomic mass is 10.2. The number of halogens is 3. The second kappa shape index (κ2) is 6.70. The summed E-state index contributed by atoms with van der Waals surface area (Å²) in [6, 6.07) is 8.98. The number of hydrogen-bond acceptors (Lipinski definition) is 5. The molecule has 1 aromatic carbocycles. The first-order valence-electron chi connectivity index (χ1n) is 7.04. The van der Waals surface area contributed by atoms with E-state index >= 15 is 0 Å². The number of aromatic nitrogens is 1. The molecule has 3 rings (SSSR count). The maximum Gasteiger partial charge on any atom is 0.417 e. The lowest BCUT2D eigenvalue weighted by molar-refractivity contribution is -0.139.